The molecule has 1 amide bonds. The number of carbonyl (C=O) groups excluding carboxylic acids is 1. The summed E-state index contributed by atoms with van der Waals surface area (Å²) in [5, 5.41) is 15.9. The van der Waals surface area contributed by atoms with Gasteiger partial charge in [-0.15, -0.1) is 0 Å². The second-order valence-electron chi connectivity index (χ2n) is 5.84. The predicted molar refractivity (Wildman–Crippen MR) is 83.8 cm³/mol. The lowest BCUT2D eigenvalue weighted by Gasteiger charge is -2.26. The summed E-state index contributed by atoms with van der Waals surface area (Å²) < 4.78 is 0. The van der Waals surface area contributed by atoms with E-state index < -0.39 is 0 Å². The zero-order valence-electron chi connectivity index (χ0n) is 12.6. The van der Waals surface area contributed by atoms with Gasteiger partial charge in [-0.25, -0.2) is 0 Å². The Morgan fingerprint density at radius 3 is 2.57 bits per heavy atom. The standard InChI is InChI=1S/C17H26N2O2/c20-16-10-8-15(9-11-16)19-17(21)7-4-12-18-13-14-5-2-1-3-6-14/h1-3,5-6,15-16,18,20H,4,7-13H2,(H,19,21). The zero-order valence-corrected chi connectivity index (χ0v) is 12.6. The highest BCUT2D eigenvalue weighted by atomic mass is 16.3. The van der Waals surface area contributed by atoms with Crippen molar-refractivity contribution in [2.45, 2.75) is 57.2 Å². The number of rotatable bonds is 7. The molecule has 1 aliphatic rings. The Morgan fingerprint density at radius 1 is 1.14 bits per heavy atom. The summed E-state index contributed by atoms with van der Waals surface area (Å²) in [7, 11) is 0. The van der Waals surface area contributed by atoms with Crippen LogP contribution in [0, 0.1) is 0 Å². The molecule has 0 radical (unpaired) electrons. The van der Waals surface area contributed by atoms with E-state index in [1.165, 1.54) is 5.56 Å². The van der Waals surface area contributed by atoms with E-state index in [0.29, 0.717) is 6.42 Å². The van der Waals surface area contributed by atoms with Crippen molar-refractivity contribution in [3.63, 3.8) is 0 Å². The van der Waals surface area contributed by atoms with Crippen molar-refractivity contribution >= 4 is 5.91 Å². The van der Waals surface area contributed by atoms with Crippen LogP contribution in [0.2, 0.25) is 0 Å². The van der Waals surface area contributed by atoms with Crippen LogP contribution in [-0.4, -0.2) is 29.7 Å². The molecule has 0 atom stereocenters. The minimum atomic E-state index is -0.166. The van der Waals surface area contributed by atoms with Gasteiger partial charge in [0.2, 0.25) is 5.91 Å². The van der Waals surface area contributed by atoms with Gasteiger partial charge >= 0.3 is 0 Å². The third-order valence-corrected chi connectivity index (χ3v) is 3.99. The Balaban J connectivity index is 1.51. The molecule has 0 bridgehead atoms. The average Bonchev–Trinajstić information content (AvgIpc) is 2.50. The fraction of sp³-hybridized carbons (Fsp3) is 0.588. The first-order valence-electron chi connectivity index (χ1n) is 7.96. The molecular formula is C17H26N2O2. The van der Waals surface area contributed by atoms with Gasteiger partial charge in [-0.2, -0.15) is 0 Å². The van der Waals surface area contributed by atoms with Crippen molar-refractivity contribution < 1.29 is 9.90 Å². The van der Waals surface area contributed by atoms with Crippen LogP contribution in [0.5, 0.6) is 0 Å². The molecule has 1 saturated carbocycles. The summed E-state index contributed by atoms with van der Waals surface area (Å²) in [6.45, 7) is 1.70. The van der Waals surface area contributed by atoms with Gasteiger partial charge in [0.05, 0.1) is 6.10 Å². The molecule has 4 heteroatoms. The normalized spacial score (nSPS) is 22.0. The Kier molecular flexibility index (Phi) is 6.70. The lowest BCUT2D eigenvalue weighted by molar-refractivity contribution is -0.122. The van der Waals surface area contributed by atoms with Crippen LogP contribution < -0.4 is 10.6 Å². The summed E-state index contributed by atoms with van der Waals surface area (Å²) in [5.74, 6) is 0.137. The van der Waals surface area contributed by atoms with Gasteiger partial charge in [0.1, 0.15) is 0 Å². The van der Waals surface area contributed by atoms with E-state index in [4.69, 9.17) is 0 Å². The first-order valence-corrected chi connectivity index (χ1v) is 7.96. The summed E-state index contributed by atoms with van der Waals surface area (Å²) in [5.41, 5.74) is 1.27. The monoisotopic (exact) mass is 290 g/mol. The van der Waals surface area contributed by atoms with Gasteiger partial charge < -0.3 is 15.7 Å². The average molecular weight is 290 g/mol. The highest BCUT2D eigenvalue weighted by molar-refractivity contribution is 5.76. The van der Waals surface area contributed by atoms with Gasteiger partial charge in [0.25, 0.3) is 0 Å². The molecule has 1 fully saturated rings. The summed E-state index contributed by atoms with van der Waals surface area (Å²) in [6, 6.07) is 10.5. The topological polar surface area (TPSA) is 61.4 Å². The van der Waals surface area contributed by atoms with Crippen LogP contribution in [0.15, 0.2) is 30.3 Å². The Hall–Kier alpha value is -1.39. The highest BCUT2D eigenvalue weighted by Crippen LogP contribution is 2.18. The summed E-state index contributed by atoms with van der Waals surface area (Å²) in [6.07, 6.45) is 4.68. The lowest BCUT2D eigenvalue weighted by atomic mass is 9.93. The third kappa shape index (κ3) is 6.27. The van der Waals surface area contributed by atoms with E-state index in [1.807, 2.05) is 18.2 Å². The minimum Gasteiger partial charge on any atom is -0.393 e. The van der Waals surface area contributed by atoms with Crippen LogP contribution in [0.4, 0.5) is 0 Å². The minimum absolute atomic E-state index is 0.137. The number of carbonyl (C=O) groups is 1. The largest absolute Gasteiger partial charge is 0.393 e. The second-order valence-corrected chi connectivity index (χ2v) is 5.84. The smallest absolute Gasteiger partial charge is 0.220 e. The van der Waals surface area contributed by atoms with Gasteiger partial charge in [-0.1, -0.05) is 30.3 Å². The summed E-state index contributed by atoms with van der Waals surface area (Å²) >= 11 is 0. The van der Waals surface area contributed by atoms with Crippen LogP contribution in [-0.2, 0) is 11.3 Å². The van der Waals surface area contributed by atoms with E-state index >= 15 is 0 Å². The van der Waals surface area contributed by atoms with Crippen molar-refractivity contribution in [1.29, 1.82) is 0 Å². The van der Waals surface area contributed by atoms with Crippen LogP contribution in [0.3, 0.4) is 0 Å². The van der Waals surface area contributed by atoms with E-state index in [1.54, 1.807) is 0 Å². The fourth-order valence-corrected chi connectivity index (χ4v) is 2.72. The highest BCUT2D eigenvalue weighted by Gasteiger charge is 2.20. The van der Waals surface area contributed by atoms with Crippen LogP contribution in [0.25, 0.3) is 0 Å². The van der Waals surface area contributed by atoms with Crippen LogP contribution in [0.1, 0.15) is 44.1 Å². The zero-order chi connectivity index (χ0) is 14.9. The molecule has 1 aromatic carbocycles. The number of nitrogens with one attached hydrogen (secondary N) is 2. The van der Waals surface area contributed by atoms with Gasteiger partial charge in [0.15, 0.2) is 0 Å². The first kappa shape index (κ1) is 16.0. The maximum Gasteiger partial charge on any atom is 0.220 e. The number of benzene rings is 1. The van der Waals surface area contributed by atoms with E-state index in [2.05, 4.69) is 22.8 Å². The maximum absolute atomic E-state index is 11.8. The molecule has 0 unspecified atom stereocenters. The first-order chi connectivity index (χ1) is 10.2. The molecule has 0 spiro atoms. The fourth-order valence-electron chi connectivity index (χ4n) is 2.72. The number of aliphatic hydroxyl groups is 1. The van der Waals surface area contributed by atoms with Crippen molar-refractivity contribution in [2.24, 2.45) is 0 Å². The SMILES string of the molecule is O=C(CCCNCc1ccccc1)NC1CCC(O)CC1. The predicted octanol–water partition coefficient (Wildman–Crippen LogP) is 1.98. The lowest BCUT2D eigenvalue weighted by Crippen LogP contribution is -2.38. The van der Waals surface area contributed by atoms with Crippen molar-refractivity contribution in [1.82, 2.24) is 10.6 Å². The number of aliphatic hydroxyl groups excluding tert-OH is 1. The number of hydrogen-bond donors (Lipinski definition) is 3. The van der Waals surface area contributed by atoms with Gasteiger partial charge in [0, 0.05) is 19.0 Å². The Labute approximate surface area is 126 Å². The molecule has 2 rings (SSSR count). The number of amides is 1. The second kappa shape index (κ2) is 8.80. The molecule has 21 heavy (non-hydrogen) atoms. The molecular weight excluding hydrogens is 264 g/mol. The van der Waals surface area contributed by atoms with Gasteiger partial charge in [-0.3, -0.25) is 4.79 Å². The van der Waals surface area contributed by atoms with Crippen molar-refractivity contribution in [2.75, 3.05) is 6.54 Å². The molecule has 0 saturated heterocycles. The van der Waals surface area contributed by atoms with Crippen LogP contribution >= 0.6 is 0 Å². The van der Waals surface area contributed by atoms with Crippen molar-refractivity contribution in [3.8, 4) is 0 Å². The van der Waals surface area contributed by atoms with Gasteiger partial charge in [-0.05, 0) is 44.2 Å². The molecule has 0 heterocycles. The number of hydrogen-bond acceptors (Lipinski definition) is 3. The summed E-state index contributed by atoms with van der Waals surface area (Å²) in [4.78, 5) is 11.8. The quantitative estimate of drug-likeness (QED) is 0.673. The van der Waals surface area contributed by atoms with Crippen molar-refractivity contribution in [3.05, 3.63) is 35.9 Å². The molecule has 0 aliphatic heterocycles. The van der Waals surface area contributed by atoms with E-state index in [-0.39, 0.29) is 18.1 Å². The molecule has 0 aromatic heterocycles. The third-order valence-electron chi connectivity index (χ3n) is 3.99. The Bertz CT molecular complexity index is 414. The molecule has 1 aromatic rings. The Morgan fingerprint density at radius 2 is 1.86 bits per heavy atom. The molecule has 3 N–H and O–H groups in total. The molecule has 1 aliphatic carbocycles. The maximum atomic E-state index is 11.8. The van der Waals surface area contributed by atoms with E-state index in [9.17, 15) is 9.90 Å². The molecule has 116 valence electrons. The molecule has 4 nitrogen and oxygen atoms in total. The van der Waals surface area contributed by atoms with E-state index in [0.717, 1.165) is 45.2 Å².